The number of thioether (sulfide) groups is 1. The van der Waals surface area contributed by atoms with E-state index < -0.39 is 0 Å². The number of amides is 1. The summed E-state index contributed by atoms with van der Waals surface area (Å²) < 4.78 is 0. The van der Waals surface area contributed by atoms with Gasteiger partial charge in [0, 0.05) is 37.6 Å². The summed E-state index contributed by atoms with van der Waals surface area (Å²) in [4.78, 5) is 18.1. The summed E-state index contributed by atoms with van der Waals surface area (Å²) in [5.41, 5.74) is 6.01. The van der Waals surface area contributed by atoms with Crippen LogP contribution in [0.4, 0.5) is 0 Å². The van der Waals surface area contributed by atoms with Gasteiger partial charge in [-0.05, 0) is 36.3 Å². The molecule has 2 rings (SSSR count). The topological polar surface area (TPSA) is 49.6 Å². The first-order valence-electron chi connectivity index (χ1n) is 7.48. The first-order valence-corrected chi connectivity index (χ1v) is 9.76. The molecule has 0 aliphatic carbocycles. The van der Waals surface area contributed by atoms with E-state index in [4.69, 9.17) is 5.73 Å². The maximum Gasteiger partial charge on any atom is 0.239 e. The van der Waals surface area contributed by atoms with Crippen LogP contribution in [0, 0.1) is 0 Å². The van der Waals surface area contributed by atoms with Crippen LogP contribution in [0.3, 0.4) is 0 Å². The second-order valence-corrected chi connectivity index (χ2v) is 7.44. The molecule has 1 saturated heterocycles. The molecule has 0 bridgehead atoms. The highest BCUT2D eigenvalue weighted by atomic mass is 32.2. The Morgan fingerprint density at radius 1 is 1.43 bits per heavy atom. The Morgan fingerprint density at radius 3 is 3.00 bits per heavy atom. The second-order valence-electron chi connectivity index (χ2n) is 5.42. The van der Waals surface area contributed by atoms with Gasteiger partial charge in [-0.2, -0.15) is 11.8 Å². The second kappa shape index (κ2) is 8.78. The first kappa shape index (κ1) is 16.8. The molecule has 0 spiro atoms. The minimum Gasteiger partial charge on any atom is -0.340 e. The number of hydrogen-bond donors (Lipinski definition) is 1. The van der Waals surface area contributed by atoms with Crippen molar-refractivity contribution in [2.24, 2.45) is 5.73 Å². The van der Waals surface area contributed by atoms with Gasteiger partial charge in [0.25, 0.3) is 0 Å². The van der Waals surface area contributed by atoms with Crippen LogP contribution in [0.25, 0.3) is 0 Å². The quantitative estimate of drug-likeness (QED) is 0.866. The Bertz CT molecular complexity index is 425. The van der Waals surface area contributed by atoms with E-state index in [0.29, 0.717) is 0 Å². The highest BCUT2D eigenvalue weighted by Crippen LogP contribution is 2.14. The molecule has 118 valence electrons. The van der Waals surface area contributed by atoms with Crippen molar-refractivity contribution in [3.63, 3.8) is 0 Å². The van der Waals surface area contributed by atoms with Gasteiger partial charge in [-0.3, -0.25) is 9.69 Å². The summed E-state index contributed by atoms with van der Waals surface area (Å²) in [7, 11) is 0. The van der Waals surface area contributed by atoms with Gasteiger partial charge in [0.1, 0.15) is 0 Å². The van der Waals surface area contributed by atoms with E-state index >= 15 is 0 Å². The third-order valence-corrected chi connectivity index (χ3v) is 5.32. The van der Waals surface area contributed by atoms with Crippen molar-refractivity contribution in [3.8, 4) is 0 Å². The fraction of sp³-hybridized carbons (Fsp3) is 0.667. The lowest BCUT2D eigenvalue weighted by Gasteiger charge is -2.24. The maximum absolute atomic E-state index is 12.4. The van der Waals surface area contributed by atoms with Crippen LogP contribution < -0.4 is 5.73 Å². The molecule has 1 atom stereocenters. The van der Waals surface area contributed by atoms with Crippen molar-refractivity contribution in [1.29, 1.82) is 0 Å². The molecule has 2 heterocycles. The van der Waals surface area contributed by atoms with E-state index in [0.717, 1.165) is 51.3 Å². The van der Waals surface area contributed by atoms with Crippen molar-refractivity contribution in [2.75, 3.05) is 38.2 Å². The van der Waals surface area contributed by atoms with Crippen molar-refractivity contribution in [3.05, 3.63) is 22.4 Å². The summed E-state index contributed by atoms with van der Waals surface area (Å²) in [6, 6.07) is 3.94. The molecule has 0 unspecified atom stereocenters. The van der Waals surface area contributed by atoms with E-state index in [9.17, 15) is 4.79 Å². The zero-order chi connectivity index (χ0) is 15.1. The zero-order valence-corrected chi connectivity index (χ0v) is 14.3. The van der Waals surface area contributed by atoms with Gasteiger partial charge in [0.05, 0.1) is 6.04 Å². The molecule has 1 aliphatic rings. The molecular weight excluding hydrogens is 302 g/mol. The minimum absolute atomic E-state index is 0.127. The summed E-state index contributed by atoms with van der Waals surface area (Å²) in [6.45, 7) is 4.64. The molecule has 6 heteroatoms. The molecule has 0 radical (unpaired) electrons. The number of carbonyl (C=O) groups excluding carboxylic acids is 1. The molecule has 1 aromatic rings. The molecule has 1 fully saturated rings. The molecule has 1 amide bonds. The van der Waals surface area contributed by atoms with Crippen LogP contribution in [0.15, 0.2) is 17.5 Å². The van der Waals surface area contributed by atoms with E-state index in [1.54, 1.807) is 23.1 Å². The van der Waals surface area contributed by atoms with Crippen molar-refractivity contribution < 1.29 is 4.79 Å². The van der Waals surface area contributed by atoms with E-state index in [1.807, 2.05) is 11.2 Å². The fourth-order valence-corrected chi connectivity index (χ4v) is 3.81. The van der Waals surface area contributed by atoms with Gasteiger partial charge in [0.2, 0.25) is 5.91 Å². The van der Waals surface area contributed by atoms with Crippen LogP contribution in [0.1, 0.15) is 17.7 Å². The smallest absolute Gasteiger partial charge is 0.239 e. The molecular formula is C15H25N3OS2. The van der Waals surface area contributed by atoms with Gasteiger partial charge in [-0.25, -0.2) is 0 Å². The van der Waals surface area contributed by atoms with Gasteiger partial charge < -0.3 is 10.6 Å². The van der Waals surface area contributed by atoms with E-state index in [2.05, 4.69) is 22.4 Å². The number of rotatable bonds is 6. The number of nitrogens with two attached hydrogens (primary N) is 1. The Morgan fingerprint density at radius 2 is 2.29 bits per heavy atom. The van der Waals surface area contributed by atoms with Crippen LogP contribution in [-0.4, -0.2) is 59.9 Å². The molecule has 1 aromatic heterocycles. The standard InChI is InChI=1S/C15H25N3OS2/c1-20-11-5-14(16)15(19)18-7-3-6-17(8-9-18)12-13-4-2-10-21-13/h2,4,10,14H,3,5-9,11-12,16H2,1H3/t14-/m0/s1. The summed E-state index contributed by atoms with van der Waals surface area (Å²) in [5, 5.41) is 2.12. The first-order chi connectivity index (χ1) is 10.2. The van der Waals surface area contributed by atoms with Crippen LogP contribution in [0.5, 0.6) is 0 Å². The molecule has 2 N–H and O–H groups in total. The lowest BCUT2D eigenvalue weighted by molar-refractivity contribution is -0.132. The average Bonchev–Trinajstić information content (AvgIpc) is 2.89. The van der Waals surface area contributed by atoms with Gasteiger partial charge in [-0.1, -0.05) is 6.07 Å². The normalized spacial score (nSPS) is 18.5. The molecule has 0 saturated carbocycles. The molecule has 0 aromatic carbocycles. The maximum atomic E-state index is 12.4. The van der Waals surface area contributed by atoms with Crippen LogP contribution >= 0.6 is 23.1 Å². The van der Waals surface area contributed by atoms with Crippen molar-refractivity contribution in [1.82, 2.24) is 9.80 Å². The Hall–Kier alpha value is -0.560. The molecule has 21 heavy (non-hydrogen) atoms. The van der Waals surface area contributed by atoms with Gasteiger partial charge in [0.15, 0.2) is 0 Å². The zero-order valence-electron chi connectivity index (χ0n) is 12.7. The lowest BCUT2D eigenvalue weighted by atomic mass is 10.2. The van der Waals surface area contributed by atoms with E-state index in [-0.39, 0.29) is 11.9 Å². The largest absolute Gasteiger partial charge is 0.340 e. The van der Waals surface area contributed by atoms with Gasteiger partial charge in [-0.15, -0.1) is 11.3 Å². The third-order valence-electron chi connectivity index (χ3n) is 3.81. The van der Waals surface area contributed by atoms with Crippen molar-refractivity contribution in [2.45, 2.75) is 25.4 Å². The average molecular weight is 328 g/mol. The SMILES string of the molecule is CSCC[C@H](N)C(=O)N1CCCN(Cc2cccs2)CC1. The monoisotopic (exact) mass is 327 g/mol. The Kier molecular flexibility index (Phi) is 7.03. The predicted molar refractivity (Wildman–Crippen MR) is 91.8 cm³/mol. The van der Waals surface area contributed by atoms with Crippen molar-refractivity contribution >= 4 is 29.0 Å². The van der Waals surface area contributed by atoms with E-state index in [1.165, 1.54) is 4.88 Å². The fourth-order valence-electron chi connectivity index (χ4n) is 2.58. The number of thiophene rings is 1. The van der Waals surface area contributed by atoms with Crippen LogP contribution in [-0.2, 0) is 11.3 Å². The highest BCUT2D eigenvalue weighted by molar-refractivity contribution is 7.98. The highest BCUT2D eigenvalue weighted by Gasteiger charge is 2.23. The predicted octanol–water partition coefficient (Wildman–Crippen LogP) is 1.86. The summed E-state index contributed by atoms with van der Waals surface area (Å²) in [5.74, 6) is 1.08. The number of hydrogen-bond acceptors (Lipinski definition) is 5. The number of carbonyl (C=O) groups is 1. The summed E-state index contributed by atoms with van der Waals surface area (Å²) in [6.07, 6.45) is 3.85. The number of nitrogens with zero attached hydrogens (tertiary/aromatic N) is 2. The van der Waals surface area contributed by atoms with Gasteiger partial charge >= 0.3 is 0 Å². The Balaban J connectivity index is 1.81. The Labute approximate surface area is 135 Å². The summed E-state index contributed by atoms with van der Waals surface area (Å²) >= 11 is 3.54. The minimum atomic E-state index is -0.332. The lowest BCUT2D eigenvalue weighted by Crippen LogP contribution is -2.45. The molecule has 1 aliphatic heterocycles. The third kappa shape index (κ3) is 5.29. The molecule has 4 nitrogen and oxygen atoms in total. The van der Waals surface area contributed by atoms with Crippen LogP contribution in [0.2, 0.25) is 0 Å².